The molecular weight excluding hydrogens is 254 g/mol. The van der Waals surface area contributed by atoms with Gasteiger partial charge in [0.15, 0.2) is 11.3 Å². The largest absolute Gasteiger partial charge is 0.423 e. The maximum Gasteiger partial charge on any atom is 0.303 e. The molecule has 0 unspecified atom stereocenters. The lowest BCUT2D eigenvalue weighted by Gasteiger charge is -1.92. The number of oxazole rings is 2. The number of para-hydroxylation sites is 2. The van der Waals surface area contributed by atoms with E-state index >= 15 is 0 Å². The molecule has 0 saturated carbocycles. The van der Waals surface area contributed by atoms with E-state index in [2.05, 4.69) is 21.9 Å². The van der Waals surface area contributed by atoms with E-state index in [1.165, 1.54) is 0 Å². The molecule has 0 spiro atoms. The van der Waals surface area contributed by atoms with Gasteiger partial charge in [0.2, 0.25) is 0 Å². The zero-order valence-corrected chi connectivity index (χ0v) is 11.0. The van der Waals surface area contributed by atoms with Crippen molar-refractivity contribution >= 4 is 35.3 Å². The summed E-state index contributed by atoms with van der Waals surface area (Å²) in [5, 5.41) is 2.91. The van der Waals surface area contributed by atoms with Gasteiger partial charge >= 0.3 is 12.0 Å². The predicted molar refractivity (Wildman–Crippen MR) is 78.6 cm³/mol. The molecular formula is C15H13N3O2. The van der Waals surface area contributed by atoms with E-state index in [4.69, 9.17) is 8.83 Å². The molecule has 0 fully saturated rings. The third kappa shape index (κ3) is 2.21. The van der Waals surface area contributed by atoms with Gasteiger partial charge in [-0.1, -0.05) is 24.8 Å². The molecule has 20 heavy (non-hydrogen) atoms. The Kier molecular flexibility index (Phi) is 3.09. The first-order valence-electron chi connectivity index (χ1n) is 6.18. The Labute approximate surface area is 115 Å². The second-order valence-electron chi connectivity index (χ2n) is 4.08. The van der Waals surface area contributed by atoms with E-state index in [-0.39, 0.29) is 0 Å². The van der Waals surface area contributed by atoms with Crippen LogP contribution in [0, 0.1) is 0 Å². The molecule has 2 heterocycles. The third-order valence-electron chi connectivity index (χ3n) is 2.70. The quantitative estimate of drug-likeness (QED) is 0.766. The number of allylic oxidation sites excluding steroid dienone is 1. The van der Waals surface area contributed by atoms with Gasteiger partial charge in [-0.2, -0.15) is 9.97 Å². The third-order valence-corrected chi connectivity index (χ3v) is 2.70. The SMILES string of the molecule is C=Cc1nc(Nc2nc3ccccc3o2)oc1/C=C\C. The highest BCUT2D eigenvalue weighted by Gasteiger charge is 2.11. The van der Waals surface area contributed by atoms with Crippen molar-refractivity contribution in [3.8, 4) is 0 Å². The molecule has 3 rings (SSSR count). The number of hydrogen-bond acceptors (Lipinski definition) is 5. The zero-order chi connectivity index (χ0) is 13.9. The number of nitrogens with zero attached hydrogens (tertiary/aromatic N) is 2. The fourth-order valence-corrected chi connectivity index (χ4v) is 1.83. The van der Waals surface area contributed by atoms with Crippen LogP contribution in [0.4, 0.5) is 12.0 Å². The Hall–Kier alpha value is -2.82. The van der Waals surface area contributed by atoms with Crippen molar-refractivity contribution in [2.75, 3.05) is 5.32 Å². The number of anilines is 2. The number of fused-ring (bicyclic) bond motifs is 1. The Morgan fingerprint density at radius 3 is 2.70 bits per heavy atom. The molecule has 0 aliphatic rings. The number of benzene rings is 1. The number of hydrogen-bond donors (Lipinski definition) is 1. The molecule has 0 aliphatic carbocycles. The minimum absolute atomic E-state index is 0.319. The van der Waals surface area contributed by atoms with Crippen LogP contribution in [0.15, 0.2) is 45.8 Å². The Morgan fingerprint density at radius 2 is 1.95 bits per heavy atom. The summed E-state index contributed by atoms with van der Waals surface area (Å²) in [6, 6.07) is 8.18. The lowest BCUT2D eigenvalue weighted by Crippen LogP contribution is -1.89. The summed E-state index contributed by atoms with van der Waals surface area (Å²) >= 11 is 0. The minimum atomic E-state index is 0.319. The summed E-state index contributed by atoms with van der Waals surface area (Å²) in [6.45, 7) is 5.61. The molecule has 2 aromatic heterocycles. The van der Waals surface area contributed by atoms with E-state index in [0.29, 0.717) is 29.1 Å². The van der Waals surface area contributed by atoms with Crippen molar-refractivity contribution in [2.45, 2.75) is 6.92 Å². The lowest BCUT2D eigenvalue weighted by atomic mass is 10.3. The lowest BCUT2D eigenvalue weighted by molar-refractivity contribution is 0.555. The van der Waals surface area contributed by atoms with Crippen molar-refractivity contribution in [1.82, 2.24) is 9.97 Å². The van der Waals surface area contributed by atoms with Crippen LogP contribution < -0.4 is 5.32 Å². The van der Waals surface area contributed by atoms with Gasteiger partial charge in [0.1, 0.15) is 11.2 Å². The average molecular weight is 267 g/mol. The highest BCUT2D eigenvalue weighted by Crippen LogP contribution is 2.24. The van der Waals surface area contributed by atoms with Crippen LogP contribution in [-0.4, -0.2) is 9.97 Å². The summed E-state index contributed by atoms with van der Waals surface area (Å²) in [7, 11) is 0. The maximum absolute atomic E-state index is 5.57. The van der Waals surface area contributed by atoms with Crippen LogP contribution in [0.1, 0.15) is 18.4 Å². The maximum atomic E-state index is 5.57. The smallest absolute Gasteiger partial charge is 0.303 e. The van der Waals surface area contributed by atoms with Gasteiger partial charge in [-0.3, -0.25) is 5.32 Å². The fraction of sp³-hybridized carbons (Fsp3) is 0.0667. The van der Waals surface area contributed by atoms with Gasteiger partial charge in [-0.25, -0.2) is 0 Å². The molecule has 1 N–H and O–H groups in total. The number of nitrogens with one attached hydrogen (secondary N) is 1. The molecule has 0 saturated heterocycles. The number of rotatable bonds is 4. The predicted octanol–water partition coefficient (Wildman–Crippen LogP) is 4.24. The van der Waals surface area contributed by atoms with Crippen LogP contribution >= 0.6 is 0 Å². The molecule has 1 aromatic carbocycles. The van der Waals surface area contributed by atoms with Gasteiger partial charge < -0.3 is 8.83 Å². The monoisotopic (exact) mass is 267 g/mol. The van der Waals surface area contributed by atoms with Gasteiger partial charge in [0.25, 0.3) is 0 Å². The molecule has 0 amide bonds. The van der Waals surface area contributed by atoms with Crippen LogP contribution in [0.5, 0.6) is 0 Å². The normalized spacial score (nSPS) is 11.2. The summed E-state index contributed by atoms with van der Waals surface area (Å²) < 4.78 is 11.1. The van der Waals surface area contributed by atoms with Crippen molar-refractivity contribution in [3.63, 3.8) is 0 Å². The van der Waals surface area contributed by atoms with Gasteiger partial charge in [0, 0.05) is 0 Å². The number of aromatic nitrogens is 2. The molecule has 0 bridgehead atoms. The second-order valence-corrected chi connectivity index (χ2v) is 4.08. The topological polar surface area (TPSA) is 64.1 Å². The Bertz CT molecular complexity index is 750. The Morgan fingerprint density at radius 1 is 1.15 bits per heavy atom. The molecule has 3 aromatic rings. The highest BCUT2D eigenvalue weighted by molar-refractivity contribution is 5.74. The molecule has 0 radical (unpaired) electrons. The second kappa shape index (κ2) is 5.05. The van der Waals surface area contributed by atoms with E-state index in [9.17, 15) is 0 Å². The molecule has 0 aliphatic heterocycles. The summed E-state index contributed by atoms with van der Waals surface area (Å²) in [6.07, 6.45) is 5.33. The van der Waals surface area contributed by atoms with Crippen LogP contribution in [0.2, 0.25) is 0 Å². The fourth-order valence-electron chi connectivity index (χ4n) is 1.83. The van der Waals surface area contributed by atoms with Crippen molar-refractivity contribution in [3.05, 3.63) is 48.4 Å². The molecule has 5 heteroatoms. The van der Waals surface area contributed by atoms with E-state index < -0.39 is 0 Å². The van der Waals surface area contributed by atoms with Crippen molar-refractivity contribution < 1.29 is 8.83 Å². The standard InChI is InChI=1S/C15H13N3O2/c1-3-7-12-10(4-2)16-14(19-12)18-15-17-11-8-5-6-9-13(11)20-15/h3-9H,2H2,1H3,(H,16,17,18)/b7-3-. The van der Waals surface area contributed by atoms with Crippen molar-refractivity contribution in [1.29, 1.82) is 0 Å². The van der Waals surface area contributed by atoms with Gasteiger partial charge in [-0.05, 0) is 31.2 Å². The van der Waals surface area contributed by atoms with Crippen LogP contribution in [0.3, 0.4) is 0 Å². The van der Waals surface area contributed by atoms with E-state index in [1.54, 1.807) is 6.08 Å². The zero-order valence-electron chi connectivity index (χ0n) is 11.0. The van der Waals surface area contributed by atoms with Crippen LogP contribution in [0.25, 0.3) is 23.3 Å². The van der Waals surface area contributed by atoms with E-state index in [1.807, 2.05) is 43.3 Å². The summed E-state index contributed by atoms with van der Waals surface area (Å²) in [5.74, 6) is 0.640. The summed E-state index contributed by atoms with van der Waals surface area (Å²) in [5.41, 5.74) is 2.15. The first-order valence-corrected chi connectivity index (χ1v) is 6.18. The summed E-state index contributed by atoms with van der Waals surface area (Å²) in [4.78, 5) is 8.56. The molecule has 5 nitrogen and oxygen atoms in total. The highest BCUT2D eigenvalue weighted by atomic mass is 16.4. The average Bonchev–Trinajstić information content (AvgIpc) is 3.02. The van der Waals surface area contributed by atoms with Gasteiger partial charge in [-0.15, -0.1) is 0 Å². The van der Waals surface area contributed by atoms with E-state index in [0.717, 1.165) is 5.52 Å². The first-order chi connectivity index (χ1) is 9.80. The van der Waals surface area contributed by atoms with Crippen LogP contribution in [-0.2, 0) is 0 Å². The molecule has 100 valence electrons. The van der Waals surface area contributed by atoms with Gasteiger partial charge in [0.05, 0.1) is 0 Å². The Balaban J connectivity index is 1.92. The minimum Gasteiger partial charge on any atom is -0.423 e. The first kappa shape index (κ1) is 12.2. The van der Waals surface area contributed by atoms with Crippen molar-refractivity contribution in [2.24, 2.45) is 0 Å². The molecule has 0 atom stereocenters.